The molecule has 0 N–H and O–H groups in total. The summed E-state index contributed by atoms with van der Waals surface area (Å²) in [5, 5.41) is 0. The van der Waals surface area contributed by atoms with E-state index in [4.69, 9.17) is 0 Å². The standard InChI is InChI=1S/C10H12BrN5/c11-7-8(14-1-2-14)12-10(16-5-6-16)13-9(7)15-3-4-15/h1-6H2. The molecule has 6 heteroatoms. The molecule has 4 rings (SSSR count). The predicted molar refractivity (Wildman–Crippen MR) is 66.4 cm³/mol. The number of aromatic nitrogens is 2. The van der Waals surface area contributed by atoms with Crippen LogP contribution in [0.2, 0.25) is 0 Å². The molecule has 4 heterocycles. The van der Waals surface area contributed by atoms with Crippen molar-refractivity contribution >= 4 is 33.5 Å². The highest BCUT2D eigenvalue weighted by Crippen LogP contribution is 2.39. The van der Waals surface area contributed by atoms with Crippen LogP contribution >= 0.6 is 15.9 Å². The van der Waals surface area contributed by atoms with E-state index in [-0.39, 0.29) is 0 Å². The largest absolute Gasteiger partial charge is 0.352 e. The summed E-state index contributed by atoms with van der Waals surface area (Å²) < 4.78 is 1.06. The quantitative estimate of drug-likeness (QED) is 0.762. The van der Waals surface area contributed by atoms with Gasteiger partial charge >= 0.3 is 0 Å². The van der Waals surface area contributed by atoms with Crippen molar-refractivity contribution in [1.29, 1.82) is 0 Å². The van der Waals surface area contributed by atoms with Gasteiger partial charge in [0.25, 0.3) is 0 Å². The second-order valence-corrected chi connectivity index (χ2v) is 5.24. The number of halogens is 1. The first-order valence-electron chi connectivity index (χ1n) is 5.65. The molecule has 0 unspecified atom stereocenters. The molecule has 3 fully saturated rings. The van der Waals surface area contributed by atoms with E-state index in [1.54, 1.807) is 0 Å². The minimum Gasteiger partial charge on any atom is -0.352 e. The second kappa shape index (κ2) is 3.00. The third-order valence-corrected chi connectivity index (χ3v) is 3.74. The summed E-state index contributed by atoms with van der Waals surface area (Å²) in [6.07, 6.45) is 0. The van der Waals surface area contributed by atoms with Gasteiger partial charge in [0.2, 0.25) is 5.95 Å². The average molecular weight is 282 g/mol. The van der Waals surface area contributed by atoms with E-state index in [9.17, 15) is 0 Å². The molecule has 3 aliphatic rings. The Hall–Kier alpha value is -1.04. The van der Waals surface area contributed by atoms with Crippen LogP contribution in [-0.2, 0) is 0 Å². The van der Waals surface area contributed by atoms with Gasteiger partial charge in [-0.3, -0.25) is 0 Å². The predicted octanol–water partition coefficient (Wildman–Crippen LogP) is 0.699. The fourth-order valence-electron chi connectivity index (χ4n) is 1.75. The molecule has 16 heavy (non-hydrogen) atoms. The number of hydrogen-bond donors (Lipinski definition) is 0. The van der Waals surface area contributed by atoms with Crippen LogP contribution < -0.4 is 14.7 Å². The lowest BCUT2D eigenvalue weighted by molar-refractivity contribution is 1.06. The first-order chi connectivity index (χ1) is 7.83. The van der Waals surface area contributed by atoms with Gasteiger partial charge in [0.1, 0.15) is 4.47 Å². The van der Waals surface area contributed by atoms with Gasteiger partial charge in [0, 0.05) is 39.3 Å². The molecule has 5 nitrogen and oxygen atoms in total. The monoisotopic (exact) mass is 281 g/mol. The number of rotatable bonds is 3. The van der Waals surface area contributed by atoms with E-state index < -0.39 is 0 Å². The molecule has 3 saturated heterocycles. The van der Waals surface area contributed by atoms with Crippen molar-refractivity contribution in [1.82, 2.24) is 9.97 Å². The highest BCUT2D eigenvalue weighted by Gasteiger charge is 2.32. The summed E-state index contributed by atoms with van der Waals surface area (Å²) >= 11 is 3.64. The summed E-state index contributed by atoms with van der Waals surface area (Å²) in [5.41, 5.74) is 0. The van der Waals surface area contributed by atoms with E-state index in [1.165, 1.54) is 0 Å². The molecule has 0 bridgehead atoms. The van der Waals surface area contributed by atoms with Crippen molar-refractivity contribution < 1.29 is 0 Å². The van der Waals surface area contributed by atoms with Crippen LogP contribution in [0.25, 0.3) is 0 Å². The Balaban J connectivity index is 1.83. The Kier molecular flexibility index (Phi) is 1.69. The smallest absolute Gasteiger partial charge is 0.229 e. The fourth-order valence-corrected chi connectivity index (χ4v) is 2.43. The Morgan fingerprint density at radius 2 is 1.19 bits per heavy atom. The maximum absolute atomic E-state index is 4.63. The lowest BCUT2D eigenvalue weighted by Gasteiger charge is -2.13. The van der Waals surface area contributed by atoms with Crippen molar-refractivity contribution in [2.45, 2.75) is 0 Å². The van der Waals surface area contributed by atoms with Crippen LogP contribution in [0.4, 0.5) is 17.6 Å². The lowest BCUT2D eigenvalue weighted by atomic mass is 10.5. The fraction of sp³-hybridized carbons (Fsp3) is 0.600. The number of nitrogens with zero attached hydrogens (tertiary/aromatic N) is 5. The van der Waals surface area contributed by atoms with Gasteiger partial charge in [-0.05, 0) is 15.9 Å². The zero-order chi connectivity index (χ0) is 10.7. The van der Waals surface area contributed by atoms with Crippen LogP contribution in [0.15, 0.2) is 4.47 Å². The van der Waals surface area contributed by atoms with Gasteiger partial charge in [-0.1, -0.05) is 0 Å². The zero-order valence-corrected chi connectivity index (χ0v) is 10.4. The number of anilines is 3. The van der Waals surface area contributed by atoms with Gasteiger partial charge in [-0.25, -0.2) is 0 Å². The molecule has 0 amide bonds. The highest BCUT2D eigenvalue weighted by molar-refractivity contribution is 9.10. The number of hydrogen-bond acceptors (Lipinski definition) is 5. The lowest BCUT2D eigenvalue weighted by Crippen LogP contribution is -2.08. The maximum atomic E-state index is 4.63. The molecule has 3 aliphatic heterocycles. The Labute approximate surface area is 102 Å². The Morgan fingerprint density at radius 1 is 0.750 bits per heavy atom. The molecule has 0 saturated carbocycles. The molecule has 0 spiro atoms. The maximum Gasteiger partial charge on any atom is 0.229 e. The van der Waals surface area contributed by atoms with E-state index in [0.29, 0.717) is 0 Å². The average Bonchev–Trinajstić information content (AvgIpc) is 3.16. The van der Waals surface area contributed by atoms with Crippen LogP contribution in [0.3, 0.4) is 0 Å². The molecule has 0 radical (unpaired) electrons. The first-order valence-corrected chi connectivity index (χ1v) is 6.44. The summed E-state index contributed by atoms with van der Waals surface area (Å²) in [5.74, 6) is 3.03. The van der Waals surface area contributed by atoms with Crippen LogP contribution in [0, 0.1) is 0 Å². The summed E-state index contributed by atoms with van der Waals surface area (Å²) in [4.78, 5) is 16.0. The summed E-state index contributed by atoms with van der Waals surface area (Å²) in [7, 11) is 0. The van der Waals surface area contributed by atoms with E-state index in [2.05, 4.69) is 40.6 Å². The third-order valence-electron chi connectivity index (χ3n) is 3.03. The van der Waals surface area contributed by atoms with Crippen molar-refractivity contribution in [3.8, 4) is 0 Å². The molecule has 0 aromatic carbocycles. The third kappa shape index (κ3) is 1.43. The molecular formula is C10H12BrN5. The SMILES string of the molecule is Brc1c(N2CC2)nc(N2CC2)nc1N1CC1. The minimum atomic E-state index is 0.895. The van der Waals surface area contributed by atoms with Gasteiger partial charge in [0.05, 0.1) is 0 Å². The van der Waals surface area contributed by atoms with Crippen molar-refractivity contribution in [3.05, 3.63) is 4.47 Å². The van der Waals surface area contributed by atoms with Gasteiger partial charge < -0.3 is 14.7 Å². The topological polar surface area (TPSA) is 34.8 Å². The molecule has 1 aromatic rings. The molecule has 0 atom stereocenters. The van der Waals surface area contributed by atoms with Crippen molar-refractivity contribution in [3.63, 3.8) is 0 Å². The normalized spacial score (nSPS) is 21.4. The van der Waals surface area contributed by atoms with Crippen LogP contribution in [0.5, 0.6) is 0 Å². The van der Waals surface area contributed by atoms with Gasteiger partial charge in [-0.15, -0.1) is 0 Å². The molecule has 84 valence electrons. The Morgan fingerprint density at radius 3 is 1.56 bits per heavy atom. The second-order valence-electron chi connectivity index (χ2n) is 4.45. The van der Waals surface area contributed by atoms with Gasteiger partial charge in [-0.2, -0.15) is 9.97 Å². The van der Waals surface area contributed by atoms with E-state index >= 15 is 0 Å². The molecule has 1 aromatic heterocycles. The first kappa shape index (κ1) is 9.04. The Bertz CT molecular complexity index is 418. The van der Waals surface area contributed by atoms with E-state index in [0.717, 1.165) is 61.3 Å². The van der Waals surface area contributed by atoms with Crippen LogP contribution in [0.1, 0.15) is 0 Å². The van der Waals surface area contributed by atoms with Crippen molar-refractivity contribution in [2.75, 3.05) is 54.0 Å². The van der Waals surface area contributed by atoms with Gasteiger partial charge in [0.15, 0.2) is 11.6 Å². The summed E-state index contributed by atoms with van der Waals surface area (Å²) in [6, 6.07) is 0. The minimum absolute atomic E-state index is 0.895. The molecule has 0 aliphatic carbocycles. The van der Waals surface area contributed by atoms with Crippen LogP contribution in [-0.4, -0.2) is 49.2 Å². The molecular weight excluding hydrogens is 270 g/mol. The summed E-state index contributed by atoms with van der Waals surface area (Å²) in [6.45, 7) is 6.67. The van der Waals surface area contributed by atoms with Crippen molar-refractivity contribution in [2.24, 2.45) is 0 Å². The highest BCUT2D eigenvalue weighted by atomic mass is 79.9. The zero-order valence-electron chi connectivity index (χ0n) is 8.86. The van der Waals surface area contributed by atoms with E-state index in [1.807, 2.05) is 0 Å².